The fourth-order valence-electron chi connectivity index (χ4n) is 2.66. The van der Waals surface area contributed by atoms with Gasteiger partial charge in [0, 0.05) is 12.6 Å². The summed E-state index contributed by atoms with van der Waals surface area (Å²) in [5.41, 5.74) is 2.46. The Hall–Kier alpha value is -3.00. The topological polar surface area (TPSA) is 69.6 Å². The van der Waals surface area contributed by atoms with Crippen molar-refractivity contribution in [2.75, 3.05) is 0 Å². The highest BCUT2D eigenvalue weighted by molar-refractivity contribution is 7.98. The monoisotopic (exact) mass is 381 g/mol. The van der Waals surface area contributed by atoms with E-state index in [0.717, 1.165) is 11.1 Å². The Balaban J connectivity index is 1.50. The molecule has 2 heterocycles. The Morgan fingerprint density at radius 2 is 1.96 bits per heavy atom. The standard InChI is InChI=1S/C19H16FN5OS/c1-12-6-5-7-13(10-12)17-21-16(26-24-17)11-27-19-23-22-18(25(19)2)14-8-3-4-9-15(14)20/h3-10H,11H2,1-2H3. The third-order valence-electron chi connectivity index (χ3n) is 4.02. The Morgan fingerprint density at radius 3 is 2.78 bits per heavy atom. The van der Waals surface area contributed by atoms with Crippen LogP contribution in [0.5, 0.6) is 0 Å². The van der Waals surface area contributed by atoms with E-state index in [1.807, 2.05) is 31.2 Å². The van der Waals surface area contributed by atoms with Gasteiger partial charge in [0.2, 0.25) is 11.7 Å². The van der Waals surface area contributed by atoms with Crippen LogP contribution in [0.1, 0.15) is 11.5 Å². The molecule has 136 valence electrons. The lowest BCUT2D eigenvalue weighted by molar-refractivity contribution is 0.391. The molecule has 0 atom stereocenters. The van der Waals surface area contributed by atoms with Crippen LogP contribution in [0.25, 0.3) is 22.8 Å². The molecule has 6 nitrogen and oxygen atoms in total. The van der Waals surface area contributed by atoms with Crippen molar-refractivity contribution in [3.63, 3.8) is 0 Å². The maximum absolute atomic E-state index is 14.0. The van der Waals surface area contributed by atoms with Gasteiger partial charge >= 0.3 is 0 Å². The predicted molar refractivity (Wildman–Crippen MR) is 100 cm³/mol. The zero-order valence-corrected chi connectivity index (χ0v) is 15.6. The quantitative estimate of drug-likeness (QED) is 0.481. The number of nitrogens with zero attached hydrogens (tertiary/aromatic N) is 5. The number of thioether (sulfide) groups is 1. The van der Waals surface area contributed by atoms with E-state index in [1.165, 1.54) is 17.8 Å². The summed E-state index contributed by atoms with van der Waals surface area (Å²) in [5.74, 6) is 1.64. The van der Waals surface area contributed by atoms with Crippen LogP contribution in [0, 0.1) is 12.7 Å². The molecule has 0 spiro atoms. The number of hydrogen-bond donors (Lipinski definition) is 0. The van der Waals surface area contributed by atoms with E-state index in [-0.39, 0.29) is 5.82 Å². The fraction of sp³-hybridized carbons (Fsp3) is 0.158. The van der Waals surface area contributed by atoms with E-state index < -0.39 is 0 Å². The van der Waals surface area contributed by atoms with Crippen LogP contribution in [-0.4, -0.2) is 24.9 Å². The van der Waals surface area contributed by atoms with Crippen LogP contribution < -0.4 is 0 Å². The molecule has 0 saturated carbocycles. The molecule has 0 fully saturated rings. The number of aromatic nitrogens is 5. The van der Waals surface area contributed by atoms with E-state index in [2.05, 4.69) is 20.3 Å². The molecule has 27 heavy (non-hydrogen) atoms. The van der Waals surface area contributed by atoms with Crippen molar-refractivity contribution in [2.24, 2.45) is 7.05 Å². The molecule has 8 heteroatoms. The van der Waals surface area contributed by atoms with Crippen LogP contribution >= 0.6 is 11.8 Å². The molecule has 0 radical (unpaired) electrons. The summed E-state index contributed by atoms with van der Waals surface area (Å²) in [7, 11) is 1.80. The first-order valence-electron chi connectivity index (χ1n) is 8.28. The van der Waals surface area contributed by atoms with Crippen LogP contribution in [0.4, 0.5) is 4.39 Å². The largest absolute Gasteiger partial charge is 0.338 e. The van der Waals surface area contributed by atoms with E-state index in [9.17, 15) is 4.39 Å². The van der Waals surface area contributed by atoms with Gasteiger partial charge in [0.25, 0.3) is 0 Å². The lowest BCUT2D eigenvalue weighted by Crippen LogP contribution is -1.96. The normalized spacial score (nSPS) is 11.1. The van der Waals surface area contributed by atoms with Crippen molar-refractivity contribution >= 4 is 11.8 Å². The summed E-state index contributed by atoms with van der Waals surface area (Å²) < 4.78 is 21.1. The first kappa shape index (κ1) is 17.4. The molecule has 0 aliphatic heterocycles. The average Bonchev–Trinajstić information content (AvgIpc) is 3.28. The first-order valence-corrected chi connectivity index (χ1v) is 9.27. The second-order valence-electron chi connectivity index (χ2n) is 6.01. The van der Waals surface area contributed by atoms with E-state index >= 15 is 0 Å². The molecule has 0 unspecified atom stereocenters. The van der Waals surface area contributed by atoms with Crippen LogP contribution in [-0.2, 0) is 12.8 Å². The Labute approximate surface area is 159 Å². The Morgan fingerprint density at radius 1 is 1.11 bits per heavy atom. The van der Waals surface area contributed by atoms with Crippen molar-refractivity contribution in [1.29, 1.82) is 0 Å². The number of benzene rings is 2. The fourth-order valence-corrected chi connectivity index (χ4v) is 3.41. The molecule has 4 rings (SSSR count). The summed E-state index contributed by atoms with van der Waals surface area (Å²) in [5, 5.41) is 12.9. The molecule has 0 aliphatic rings. The van der Waals surface area contributed by atoms with Crippen molar-refractivity contribution in [3.05, 3.63) is 65.8 Å². The zero-order valence-electron chi connectivity index (χ0n) is 14.8. The van der Waals surface area contributed by atoms with Crippen LogP contribution in [0.15, 0.2) is 58.2 Å². The maximum Gasteiger partial charge on any atom is 0.237 e. The SMILES string of the molecule is Cc1cccc(-c2noc(CSc3nnc(-c4ccccc4F)n3C)n2)c1. The van der Waals surface area contributed by atoms with Gasteiger partial charge in [0.1, 0.15) is 5.82 Å². The van der Waals surface area contributed by atoms with Gasteiger partial charge in [0.15, 0.2) is 11.0 Å². The third-order valence-corrected chi connectivity index (χ3v) is 5.02. The summed E-state index contributed by atoms with van der Waals surface area (Å²) in [6, 6.07) is 14.4. The molecular weight excluding hydrogens is 365 g/mol. The van der Waals surface area contributed by atoms with Gasteiger partial charge in [-0.15, -0.1) is 10.2 Å². The van der Waals surface area contributed by atoms with Crippen molar-refractivity contribution < 1.29 is 8.91 Å². The van der Waals surface area contributed by atoms with Crippen molar-refractivity contribution in [1.82, 2.24) is 24.9 Å². The first-order chi connectivity index (χ1) is 13.1. The molecule has 4 aromatic rings. The summed E-state index contributed by atoms with van der Waals surface area (Å²) in [6.07, 6.45) is 0. The molecule has 2 aromatic carbocycles. The van der Waals surface area contributed by atoms with E-state index in [4.69, 9.17) is 4.52 Å². The molecule has 0 saturated heterocycles. The second-order valence-corrected chi connectivity index (χ2v) is 6.96. The molecule has 0 N–H and O–H groups in total. The number of aryl methyl sites for hydroxylation is 1. The molecular formula is C19H16FN5OS. The van der Waals surface area contributed by atoms with Gasteiger partial charge in [-0.05, 0) is 25.1 Å². The highest BCUT2D eigenvalue weighted by Gasteiger charge is 2.16. The number of hydrogen-bond acceptors (Lipinski definition) is 6. The number of rotatable bonds is 5. The highest BCUT2D eigenvalue weighted by atomic mass is 32.2. The number of halogens is 1. The minimum Gasteiger partial charge on any atom is -0.338 e. The summed E-state index contributed by atoms with van der Waals surface area (Å²) in [6.45, 7) is 2.02. The average molecular weight is 381 g/mol. The van der Waals surface area contributed by atoms with Gasteiger partial charge in [-0.25, -0.2) is 4.39 Å². The Kier molecular flexibility index (Phi) is 4.72. The van der Waals surface area contributed by atoms with Gasteiger partial charge in [-0.1, -0.05) is 52.8 Å². The van der Waals surface area contributed by atoms with E-state index in [0.29, 0.717) is 34.0 Å². The van der Waals surface area contributed by atoms with Gasteiger partial charge in [-0.2, -0.15) is 4.98 Å². The van der Waals surface area contributed by atoms with Crippen LogP contribution in [0.3, 0.4) is 0 Å². The smallest absolute Gasteiger partial charge is 0.237 e. The molecule has 0 aliphatic carbocycles. The van der Waals surface area contributed by atoms with E-state index in [1.54, 1.807) is 29.8 Å². The van der Waals surface area contributed by atoms with Gasteiger partial charge < -0.3 is 9.09 Å². The van der Waals surface area contributed by atoms with Gasteiger partial charge in [0.05, 0.1) is 11.3 Å². The lowest BCUT2D eigenvalue weighted by Gasteiger charge is -2.03. The van der Waals surface area contributed by atoms with Crippen molar-refractivity contribution in [2.45, 2.75) is 17.8 Å². The Bertz CT molecular complexity index is 1090. The predicted octanol–water partition coefficient (Wildman–Crippen LogP) is 4.27. The third kappa shape index (κ3) is 3.61. The minimum atomic E-state index is -0.329. The van der Waals surface area contributed by atoms with Gasteiger partial charge in [-0.3, -0.25) is 0 Å². The highest BCUT2D eigenvalue weighted by Crippen LogP contribution is 2.27. The minimum absolute atomic E-state index is 0.329. The molecule has 2 aromatic heterocycles. The molecule has 0 amide bonds. The summed E-state index contributed by atoms with van der Waals surface area (Å²) >= 11 is 1.40. The second kappa shape index (κ2) is 7.32. The lowest BCUT2D eigenvalue weighted by atomic mass is 10.1. The maximum atomic E-state index is 14.0. The van der Waals surface area contributed by atoms with Crippen molar-refractivity contribution in [3.8, 4) is 22.8 Å². The van der Waals surface area contributed by atoms with Crippen LogP contribution in [0.2, 0.25) is 0 Å². The zero-order chi connectivity index (χ0) is 18.8. The summed E-state index contributed by atoms with van der Waals surface area (Å²) in [4.78, 5) is 4.43. The molecule has 0 bridgehead atoms.